The van der Waals surface area contributed by atoms with E-state index in [9.17, 15) is 4.79 Å². The fraction of sp³-hybridized carbons (Fsp3) is 0.462. The summed E-state index contributed by atoms with van der Waals surface area (Å²) in [5, 5.41) is 6.05. The molecule has 3 nitrogen and oxygen atoms in total. The van der Waals surface area contributed by atoms with Gasteiger partial charge in [0.2, 0.25) is 5.91 Å². The van der Waals surface area contributed by atoms with E-state index in [0.717, 1.165) is 28.7 Å². The summed E-state index contributed by atoms with van der Waals surface area (Å²) >= 11 is 3.43. The van der Waals surface area contributed by atoms with Crippen molar-refractivity contribution in [3.8, 4) is 0 Å². The van der Waals surface area contributed by atoms with Crippen LogP contribution in [0.2, 0.25) is 0 Å². The number of rotatable bonds is 5. The topological polar surface area (TPSA) is 41.1 Å². The lowest BCUT2D eigenvalue weighted by Crippen LogP contribution is -2.38. The lowest BCUT2D eigenvalue weighted by Gasteiger charge is -2.14. The van der Waals surface area contributed by atoms with Crippen molar-refractivity contribution in [1.29, 1.82) is 0 Å². The van der Waals surface area contributed by atoms with Crippen molar-refractivity contribution in [2.45, 2.75) is 33.2 Å². The molecule has 0 saturated heterocycles. The molecule has 1 atom stereocenters. The quantitative estimate of drug-likeness (QED) is 0.877. The molecule has 0 aliphatic heterocycles. The molecule has 0 saturated carbocycles. The molecule has 1 rings (SSSR count). The molecule has 94 valence electrons. The molecule has 17 heavy (non-hydrogen) atoms. The van der Waals surface area contributed by atoms with Crippen LogP contribution in [0.3, 0.4) is 0 Å². The second kappa shape index (κ2) is 6.77. The minimum absolute atomic E-state index is 0.000160. The summed E-state index contributed by atoms with van der Waals surface area (Å²) < 4.78 is 1.05. The fourth-order valence-electron chi connectivity index (χ4n) is 1.43. The van der Waals surface area contributed by atoms with Gasteiger partial charge in [-0.1, -0.05) is 22.9 Å². The van der Waals surface area contributed by atoms with Gasteiger partial charge in [0.1, 0.15) is 0 Å². The molecule has 0 fully saturated rings. The number of hydrogen-bond acceptors (Lipinski definition) is 2. The second-order valence-electron chi connectivity index (χ2n) is 4.13. The van der Waals surface area contributed by atoms with Gasteiger partial charge in [-0.3, -0.25) is 4.79 Å². The number of hydrogen-bond donors (Lipinski definition) is 2. The maximum atomic E-state index is 11.8. The van der Waals surface area contributed by atoms with Gasteiger partial charge in [-0.05, 0) is 50.6 Å². The van der Waals surface area contributed by atoms with Gasteiger partial charge >= 0.3 is 0 Å². The standard InChI is InChI=1S/C13H19BrN2O/c1-4-7-15-10(3)13(17)16-11-5-6-12(14)9(2)8-11/h5-6,8,10,15H,4,7H2,1-3H3,(H,16,17). The maximum absolute atomic E-state index is 11.8. The Bertz CT molecular complexity index is 393. The zero-order chi connectivity index (χ0) is 12.8. The van der Waals surface area contributed by atoms with E-state index in [2.05, 4.69) is 33.5 Å². The molecule has 1 amide bonds. The minimum atomic E-state index is -0.168. The van der Waals surface area contributed by atoms with Gasteiger partial charge in [-0.2, -0.15) is 0 Å². The number of halogens is 1. The Labute approximate surface area is 111 Å². The van der Waals surface area contributed by atoms with Gasteiger partial charge in [0.05, 0.1) is 6.04 Å². The average molecular weight is 299 g/mol. The van der Waals surface area contributed by atoms with E-state index < -0.39 is 0 Å². The average Bonchev–Trinajstić information content (AvgIpc) is 2.30. The Balaban J connectivity index is 2.58. The van der Waals surface area contributed by atoms with Crippen molar-refractivity contribution in [1.82, 2.24) is 5.32 Å². The minimum Gasteiger partial charge on any atom is -0.325 e. The summed E-state index contributed by atoms with van der Waals surface area (Å²) in [6, 6.07) is 5.62. The molecule has 0 radical (unpaired) electrons. The summed E-state index contributed by atoms with van der Waals surface area (Å²) in [6.45, 7) is 6.80. The van der Waals surface area contributed by atoms with E-state index >= 15 is 0 Å². The van der Waals surface area contributed by atoms with Gasteiger partial charge in [0.25, 0.3) is 0 Å². The monoisotopic (exact) mass is 298 g/mol. The molecule has 2 N–H and O–H groups in total. The highest BCUT2D eigenvalue weighted by Crippen LogP contribution is 2.19. The third-order valence-corrected chi connectivity index (χ3v) is 3.41. The number of amides is 1. The predicted octanol–water partition coefficient (Wildman–Crippen LogP) is 3.08. The van der Waals surface area contributed by atoms with Gasteiger partial charge in [-0.15, -0.1) is 0 Å². The number of carbonyl (C=O) groups excluding carboxylic acids is 1. The maximum Gasteiger partial charge on any atom is 0.241 e. The lowest BCUT2D eigenvalue weighted by atomic mass is 10.2. The van der Waals surface area contributed by atoms with E-state index in [1.807, 2.05) is 32.0 Å². The predicted molar refractivity (Wildman–Crippen MR) is 75.3 cm³/mol. The highest BCUT2D eigenvalue weighted by molar-refractivity contribution is 9.10. The van der Waals surface area contributed by atoms with Crippen LogP contribution < -0.4 is 10.6 Å². The first-order chi connectivity index (χ1) is 8.04. The van der Waals surface area contributed by atoms with E-state index in [1.165, 1.54) is 0 Å². The molecule has 0 heterocycles. The second-order valence-corrected chi connectivity index (χ2v) is 4.98. The Hall–Kier alpha value is -0.870. The third-order valence-electron chi connectivity index (χ3n) is 2.52. The molecule has 0 bridgehead atoms. The molecule has 0 aliphatic carbocycles. The zero-order valence-electron chi connectivity index (χ0n) is 10.5. The van der Waals surface area contributed by atoms with Crippen LogP contribution >= 0.6 is 15.9 Å². The van der Waals surface area contributed by atoms with Crippen molar-refractivity contribution in [2.75, 3.05) is 11.9 Å². The smallest absolute Gasteiger partial charge is 0.241 e. The van der Waals surface area contributed by atoms with Crippen LogP contribution in [0, 0.1) is 6.92 Å². The molecular weight excluding hydrogens is 280 g/mol. The van der Waals surface area contributed by atoms with E-state index in [1.54, 1.807) is 0 Å². The van der Waals surface area contributed by atoms with Crippen molar-refractivity contribution in [2.24, 2.45) is 0 Å². The lowest BCUT2D eigenvalue weighted by molar-refractivity contribution is -0.117. The fourth-order valence-corrected chi connectivity index (χ4v) is 1.67. The zero-order valence-corrected chi connectivity index (χ0v) is 12.1. The summed E-state index contributed by atoms with van der Waals surface area (Å²) in [7, 11) is 0. The Morgan fingerprint density at radius 1 is 1.47 bits per heavy atom. The third kappa shape index (κ3) is 4.48. The molecule has 0 aliphatic rings. The van der Waals surface area contributed by atoms with Crippen LogP contribution in [0.25, 0.3) is 0 Å². The molecule has 1 aromatic carbocycles. The van der Waals surface area contributed by atoms with Gasteiger partial charge < -0.3 is 10.6 Å². The molecule has 0 spiro atoms. The van der Waals surface area contributed by atoms with Crippen LogP contribution in [-0.2, 0) is 4.79 Å². The van der Waals surface area contributed by atoms with E-state index in [0.29, 0.717) is 0 Å². The van der Waals surface area contributed by atoms with Crippen LogP contribution in [0.4, 0.5) is 5.69 Å². The summed E-state index contributed by atoms with van der Waals surface area (Å²) in [6.07, 6.45) is 1.02. The Morgan fingerprint density at radius 3 is 2.76 bits per heavy atom. The highest BCUT2D eigenvalue weighted by atomic mass is 79.9. The molecule has 0 aromatic heterocycles. The van der Waals surface area contributed by atoms with Crippen molar-refractivity contribution < 1.29 is 4.79 Å². The van der Waals surface area contributed by atoms with Crippen LogP contribution in [0.15, 0.2) is 22.7 Å². The van der Waals surface area contributed by atoms with Crippen LogP contribution in [-0.4, -0.2) is 18.5 Å². The number of carbonyl (C=O) groups is 1. The van der Waals surface area contributed by atoms with E-state index in [4.69, 9.17) is 0 Å². The van der Waals surface area contributed by atoms with Gasteiger partial charge in [-0.25, -0.2) is 0 Å². The number of anilines is 1. The van der Waals surface area contributed by atoms with Crippen molar-refractivity contribution in [3.05, 3.63) is 28.2 Å². The summed E-state index contributed by atoms with van der Waals surface area (Å²) in [5.74, 6) is 0.000160. The largest absolute Gasteiger partial charge is 0.325 e. The number of benzene rings is 1. The van der Waals surface area contributed by atoms with Crippen molar-refractivity contribution in [3.63, 3.8) is 0 Å². The van der Waals surface area contributed by atoms with E-state index in [-0.39, 0.29) is 11.9 Å². The highest BCUT2D eigenvalue weighted by Gasteiger charge is 2.11. The number of aryl methyl sites for hydroxylation is 1. The van der Waals surface area contributed by atoms with Crippen molar-refractivity contribution >= 4 is 27.5 Å². The first kappa shape index (κ1) is 14.2. The summed E-state index contributed by atoms with van der Waals surface area (Å²) in [5.41, 5.74) is 1.94. The Morgan fingerprint density at radius 2 is 2.18 bits per heavy atom. The van der Waals surface area contributed by atoms with Crippen LogP contribution in [0.1, 0.15) is 25.8 Å². The summed E-state index contributed by atoms with van der Waals surface area (Å²) in [4.78, 5) is 11.8. The first-order valence-corrected chi connectivity index (χ1v) is 6.64. The first-order valence-electron chi connectivity index (χ1n) is 5.85. The Kier molecular flexibility index (Phi) is 5.65. The number of nitrogens with one attached hydrogen (secondary N) is 2. The normalized spacial score (nSPS) is 12.2. The van der Waals surface area contributed by atoms with Crippen LogP contribution in [0.5, 0.6) is 0 Å². The molecule has 1 aromatic rings. The molecular formula is C13H19BrN2O. The van der Waals surface area contributed by atoms with Gasteiger partial charge in [0.15, 0.2) is 0 Å². The van der Waals surface area contributed by atoms with Gasteiger partial charge in [0, 0.05) is 10.2 Å². The molecule has 4 heteroatoms. The SMILES string of the molecule is CCCNC(C)C(=O)Nc1ccc(Br)c(C)c1. The molecule has 1 unspecified atom stereocenters.